The van der Waals surface area contributed by atoms with Crippen molar-refractivity contribution in [2.24, 2.45) is 0 Å². The van der Waals surface area contributed by atoms with Gasteiger partial charge in [-0.25, -0.2) is 13.6 Å². The number of nitrogens with zero attached hydrogens (tertiary/aromatic N) is 1. The van der Waals surface area contributed by atoms with Gasteiger partial charge in [0.25, 0.3) is 0 Å². The van der Waals surface area contributed by atoms with Crippen molar-refractivity contribution < 1.29 is 23.4 Å². The molecule has 6 heteroatoms. The van der Waals surface area contributed by atoms with Crippen LogP contribution in [0.1, 0.15) is 20.8 Å². The summed E-state index contributed by atoms with van der Waals surface area (Å²) in [5, 5.41) is 9.05. The predicted molar refractivity (Wildman–Crippen MR) is 53.6 cm³/mol. The molecule has 94 valence electrons. The molecule has 1 N–H and O–H groups in total. The van der Waals surface area contributed by atoms with Gasteiger partial charge in [0.05, 0.1) is 13.1 Å². The topological polar surface area (TPSA) is 49.8 Å². The van der Waals surface area contributed by atoms with E-state index in [9.17, 15) is 13.6 Å². The number of aliphatic hydroxyl groups excluding tert-OH is 1. The summed E-state index contributed by atoms with van der Waals surface area (Å²) in [4.78, 5) is 12.4. The van der Waals surface area contributed by atoms with Crippen LogP contribution in [0.2, 0.25) is 0 Å². The van der Waals surface area contributed by atoms with Crippen molar-refractivity contribution in [3.63, 3.8) is 0 Å². The van der Waals surface area contributed by atoms with Crippen LogP contribution in [0, 0.1) is 0 Å². The standard InChI is InChI=1S/C10H17F2NO3/c1-10(2,3)16-9(15)13-4-6(11)8(14)7(12)5-13/h6-8,14H,4-5H2,1-3H3/t6-,7+,8-. The number of alkyl halides is 2. The van der Waals surface area contributed by atoms with E-state index in [2.05, 4.69) is 0 Å². The lowest BCUT2D eigenvalue weighted by molar-refractivity contribution is -0.0563. The third kappa shape index (κ3) is 3.30. The maximum absolute atomic E-state index is 13.1. The van der Waals surface area contributed by atoms with Crippen LogP contribution in [-0.4, -0.2) is 53.2 Å². The van der Waals surface area contributed by atoms with Gasteiger partial charge in [-0.05, 0) is 20.8 Å². The molecule has 1 fully saturated rings. The number of likely N-dealkylation sites (tertiary alicyclic amines) is 1. The number of amides is 1. The first-order valence-corrected chi connectivity index (χ1v) is 5.15. The number of carbonyl (C=O) groups excluding carboxylic acids is 1. The summed E-state index contributed by atoms with van der Waals surface area (Å²) in [7, 11) is 0. The number of aliphatic hydroxyl groups is 1. The third-order valence-corrected chi connectivity index (χ3v) is 2.18. The summed E-state index contributed by atoms with van der Waals surface area (Å²) in [6.45, 7) is 4.34. The number of carbonyl (C=O) groups is 1. The highest BCUT2D eigenvalue weighted by Gasteiger charge is 2.39. The number of hydrogen-bond donors (Lipinski definition) is 1. The minimum Gasteiger partial charge on any atom is -0.444 e. The van der Waals surface area contributed by atoms with E-state index < -0.39 is 30.1 Å². The Labute approximate surface area is 93.2 Å². The first-order valence-electron chi connectivity index (χ1n) is 5.15. The molecule has 1 saturated heterocycles. The molecule has 1 rings (SSSR count). The average Bonchev–Trinajstić information content (AvgIpc) is 2.10. The summed E-state index contributed by atoms with van der Waals surface area (Å²) >= 11 is 0. The van der Waals surface area contributed by atoms with E-state index >= 15 is 0 Å². The maximum atomic E-state index is 13.1. The molecule has 0 aliphatic carbocycles. The van der Waals surface area contributed by atoms with E-state index in [4.69, 9.17) is 9.84 Å². The van der Waals surface area contributed by atoms with Crippen LogP contribution >= 0.6 is 0 Å². The molecule has 16 heavy (non-hydrogen) atoms. The molecule has 0 unspecified atom stereocenters. The second kappa shape index (κ2) is 4.53. The van der Waals surface area contributed by atoms with Gasteiger partial charge in [-0.1, -0.05) is 0 Å². The maximum Gasteiger partial charge on any atom is 0.410 e. The first-order chi connectivity index (χ1) is 7.20. The molecular weight excluding hydrogens is 220 g/mol. The third-order valence-electron chi connectivity index (χ3n) is 2.18. The number of ether oxygens (including phenoxy) is 1. The predicted octanol–water partition coefficient (Wildman–Crippen LogP) is 1.27. The monoisotopic (exact) mass is 237 g/mol. The Morgan fingerprint density at radius 1 is 1.31 bits per heavy atom. The minimum absolute atomic E-state index is 0.337. The number of halogens is 2. The highest BCUT2D eigenvalue weighted by Crippen LogP contribution is 2.19. The van der Waals surface area contributed by atoms with E-state index in [0.29, 0.717) is 0 Å². The van der Waals surface area contributed by atoms with Crippen molar-refractivity contribution in [1.29, 1.82) is 0 Å². The summed E-state index contributed by atoms with van der Waals surface area (Å²) < 4.78 is 31.2. The van der Waals surface area contributed by atoms with Crippen LogP contribution in [0.5, 0.6) is 0 Å². The zero-order valence-corrected chi connectivity index (χ0v) is 9.61. The SMILES string of the molecule is CC(C)(C)OC(=O)N1C[C@@H](F)[C@@H](O)[C@@H](F)C1. The zero-order valence-electron chi connectivity index (χ0n) is 9.61. The molecular formula is C10H17F2NO3. The van der Waals surface area contributed by atoms with Crippen molar-refractivity contribution >= 4 is 6.09 Å². The van der Waals surface area contributed by atoms with Gasteiger partial charge in [-0.2, -0.15) is 0 Å². The highest BCUT2D eigenvalue weighted by molar-refractivity contribution is 5.68. The molecule has 0 spiro atoms. The normalized spacial score (nSPS) is 31.4. The van der Waals surface area contributed by atoms with Crippen LogP contribution in [0.25, 0.3) is 0 Å². The van der Waals surface area contributed by atoms with E-state index in [1.54, 1.807) is 20.8 Å². The molecule has 4 nitrogen and oxygen atoms in total. The molecule has 0 aromatic heterocycles. The molecule has 0 bridgehead atoms. The molecule has 0 saturated carbocycles. The fourth-order valence-corrected chi connectivity index (χ4v) is 1.41. The Balaban J connectivity index is 2.58. The fraction of sp³-hybridized carbons (Fsp3) is 0.900. The van der Waals surface area contributed by atoms with Gasteiger partial charge in [0.2, 0.25) is 0 Å². The second-order valence-corrected chi connectivity index (χ2v) is 4.91. The highest BCUT2D eigenvalue weighted by atomic mass is 19.1. The van der Waals surface area contributed by atoms with E-state index in [-0.39, 0.29) is 13.1 Å². The Kier molecular flexibility index (Phi) is 3.72. The molecule has 1 amide bonds. The van der Waals surface area contributed by atoms with E-state index in [0.717, 1.165) is 4.90 Å². The van der Waals surface area contributed by atoms with Crippen molar-refractivity contribution in [3.05, 3.63) is 0 Å². The molecule has 1 aliphatic heterocycles. The van der Waals surface area contributed by atoms with E-state index in [1.807, 2.05) is 0 Å². The number of hydrogen-bond acceptors (Lipinski definition) is 3. The van der Waals surface area contributed by atoms with Crippen molar-refractivity contribution in [1.82, 2.24) is 4.90 Å². The lowest BCUT2D eigenvalue weighted by Gasteiger charge is -2.35. The van der Waals surface area contributed by atoms with Crippen molar-refractivity contribution in [2.45, 2.75) is 44.8 Å². The zero-order chi connectivity index (χ0) is 12.5. The van der Waals surface area contributed by atoms with Gasteiger partial charge in [0, 0.05) is 0 Å². The quantitative estimate of drug-likeness (QED) is 0.690. The van der Waals surface area contributed by atoms with Gasteiger partial charge >= 0.3 is 6.09 Å². The molecule has 0 aromatic carbocycles. The van der Waals surface area contributed by atoms with Crippen LogP contribution in [0.15, 0.2) is 0 Å². The van der Waals surface area contributed by atoms with Crippen LogP contribution < -0.4 is 0 Å². The van der Waals surface area contributed by atoms with E-state index in [1.165, 1.54) is 0 Å². The lowest BCUT2D eigenvalue weighted by Crippen LogP contribution is -2.54. The Morgan fingerprint density at radius 3 is 2.12 bits per heavy atom. The van der Waals surface area contributed by atoms with Gasteiger partial charge in [-0.3, -0.25) is 0 Å². The molecule has 0 radical (unpaired) electrons. The fourth-order valence-electron chi connectivity index (χ4n) is 1.41. The Morgan fingerprint density at radius 2 is 1.75 bits per heavy atom. The minimum atomic E-state index is -1.77. The number of rotatable bonds is 0. The average molecular weight is 237 g/mol. The Hall–Kier alpha value is -0.910. The summed E-state index contributed by atoms with van der Waals surface area (Å²) in [5.41, 5.74) is -0.704. The van der Waals surface area contributed by atoms with Crippen molar-refractivity contribution in [3.8, 4) is 0 Å². The molecule has 1 heterocycles. The lowest BCUT2D eigenvalue weighted by atomic mass is 10.1. The summed E-state index contributed by atoms with van der Waals surface area (Å²) in [6.07, 6.45) is -5.95. The van der Waals surface area contributed by atoms with Crippen LogP contribution in [0.3, 0.4) is 0 Å². The van der Waals surface area contributed by atoms with Crippen LogP contribution in [0.4, 0.5) is 13.6 Å². The smallest absolute Gasteiger partial charge is 0.410 e. The van der Waals surface area contributed by atoms with Crippen molar-refractivity contribution in [2.75, 3.05) is 13.1 Å². The van der Waals surface area contributed by atoms with Crippen LogP contribution in [-0.2, 0) is 4.74 Å². The first kappa shape index (κ1) is 13.2. The van der Waals surface area contributed by atoms with Gasteiger partial charge in [0.1, 0.15) is 24.0 Å². The summed E-state index contributed by atoms with van der Waals surface area (Å²) in [5.74, 6) is 0. The Bertz CT molecular complexity index is 255. The van der Waals surface area contributed by atoms with Gasteiger partial charge in [0.15, 0.2) is 0 Å². The van der Waals surface area contributed by atoms with Gasteiger partial charge < -0.3 is 14.7 Å². The summed E-state index contributed by atoms with van der Waals surface area (Å²) in [6, 6.07) is 0. The van der Waals surface area contributed by atoms with Gasteiger partial charge in [-0.15, -0.1) is 0 Å². The molecule has 3 atom stereocenters. The largest absolute Gasteiger partial charge is 0.444 e. The number of piperidine rings is 1. The molecule has 0 aromatic rings. The molecule has 1 aliphatic rings. The second-order valence-electron chi connectivity index (χ2n) is 4.91.